The molecule has 3 heterocycles. The quantitative estimate of drug-likeness (QED) is 0.752. The van der Waals surface area contributed by atoms with Crippen LogP contribution < -0.4 is 5.32 Å². The molecule has 32 heavy (non-hydrogen) atoms. The number of hydrogen-bond donors (Lipinski definition) is 1. The third-order valence-corrected chi connectivity index (χ3v) is 9.17. The standard InChI is InChI=1S/C24H30N4O3S/c29-23-24(27-22(26-23)19-6-2-1-3-7-19)12-15-28(16-13-24)32(30,31)17-11-18-8-4-10-21-20(18)9-5-14-25-21/h4-5,8-10,14,19H,1-3,6-7,11-13,15-17H2,(H,26,27,29). The van der Waals surface area contributed by atoms with Crippen molar-refractivity contribution in [1.29, 1.82) is 0 Å². The Balaban J connectivity index is 1.24. The zero-order valence-electron chi connectivity index (χ0n) is 18.3. The molecule has 1 saturated heterocycles. The van der Waals surface area contributed by atoms with Crippen LogP contribution in [-0.4, -0.2) is 53.8 Å². The van der Waals surface area contributed by atoms with Crippen molar-refractivity contribution < 1.29 is 13.2 Å². The molecule has 3 aliphatic rings. The number of benzene rings is 1. The molecule has 1 N–H and O–H groups in total. The number of aryl methyl sites for hydroxylation is 1. The monoisotopic (exact) mass is 454 g/mol. The van der Waals surface area contributed by atoms with E-state index in [1.54, 1.807) is 10.5 Å². The van der Waals surface area contributed by atoms with Gasteiger partial charge in [0, 0.05) is 30.6 Å². The van der Waals surface area contributed by atoms with Gasteiger partial charge in [-0.05, 0) is 49.8 Å². The van der Waals surface area contributed by atoms with Crippen LogP contribution in [0.15, 0.2) is 41.5 Å². The average Bonchev–Trinajstić information content (AvgIpc) is 3.14. The number of aliphatic imine (C=N–C) groups is 1. The van der Waals surface area contributed by atoms with E-state index in [4.69, 9.17) is 4.99 Å². The van der Waals surface area contributed by atoms with Crippen LogP contribution in [0.1, 0.15) is 50.5 Å². The Hall–Kier alpha value is -2.32. The van der Waals surface area contributed by atoms with Gasteiger partial charge in [0.2, 0.25) is 10.0 Å². The molecule has 0 bridgehead atoms. The van der Waals surface area contributed by atoms with Crippen molar-refractivity contribution in [1.82, 2.24) is 14.6 Å². The molecule has 0 atom stereocenters. The molecular formula is C24H30N4O3S. The first-order valence-corrected chi connectivity index (χ1v) is 13.3. The van der Waals surface area contributed by atoms with Gasteiger partial charge in [-0.3, -0.25) is 14.8 Å². The predicted molar refractivity (Wildman–Crippen MR) is 125 cm³/mol. The van der Waals surface area contributed by atoms with E-state index in [9.17, 15) is 13.2 Å². The number of hydrogen-bond acceptors (Lipinski definition) is 5. The van der Waals surface area contributed by atoms with Gasteiger partial charge >= 0.3 is 0 Å². The average molecular weight is 455 g/mol. The van der Waals surface area contributed by atoms with E-state index in [-0.39, 0.29) is 11.7 Å². The summed E-state index contributed by atoms with van der Waals surface area (Å²) in [5.41, 5.74) is 1.09. The SMILES string of the molecule is O=C1NC(C2CCCCC2)=NC12CCN(S(=O)(=O)CCc1cccc3ncccc13)CC2. The van der Waals surface area contributed by atoms with Gasteiger partial charge in [-0.2, -0.15) is 0 Å². The fourth-order valence-electron chi connectivity index (χ4n) is 5.34. The van der Waals surface area contributed by atoms with E-state index in [1.807, 2.05) is 30.3 Å². The van der Waals surface area contributed by atoms with Gasteiger partial charge in [0.1, 0.15) is 11.4 Å². The van der Waals surface area contributed by atoms with E-state index in [0.717, 1.165) is 35.1 Å². The summed E-state index contributed by atoms with van der Waals surface area (Å²) in [7, 11) is -3.42. The maximum absolute atomic E-state index is 13.1. The Kier molecular flexibility index (Phi) is 5.75. The smallest absolute Gasteiger partial charge is 0.253 e. The lowest BCUT2D eigenvalue weighted by Crippen LogP contribution is -2.51. The van der Waals surface area contributed by atoms with E-state index in [0.29, 0.717) is 38.3 Å². The lowest BCUT2D eigenvalue weighted by molar-refractivity contribution is -0.125. The largest absolute Gasteiger partial charge is 0.312 e. The lowest BCUT2D eigenvalue weighted by atomic mass is 9.88. The Labute approximate surface area is 189 Å². The van der Waals surface area contributed by atoms with Gasteiger partial charge in [-0.15, -0.1) is 0 Å². The molecule has 5 rings (SSSR count). The number of aromatic nitrogens is 1. The molecular weight excluding hydrogens is 424 g/mol. The van der Waals surface area contributed by atoms with Crippen molar-refractivity contribution in [2.75, 3.05) is 18.8 Å². The highest BCUT2D eigenvalue weighted by atomic mass is 32.2. The zero-order chi connectivity index (χ0) is 22.2. The van der Waals surface area contributed by atoms with Crippen LogP contribution >= 0.6 is 0 Å². The first kappa shape index (κ1) is 21.5. The molecule has 1 spiro atoms. The van der Waals surface area contributed by atoms with Crippen molar-refractivity contribution >= 4 is 32.7 Å². The molecule has 170 valence electrons. The van der Waals surface area contributed by atoms with Crippen molar-refractivity contribution in [2.24, 2.45) is 10.9 Å². The molecule has 1 aliphatic carbocycles. The van der Waals surface area contributed by atoms with Gasteiger partial charge in [0.15, 0.2) is 0 Å². The van der Waals surface area contributed by atoms with Crippen LogP contribution in [0.4, 0.5) is 0 Å². The van der Waals surface area contributed by atoms with Gasteiger partial charge in [0.25, 0.3) is 5.91 Å². The molecule has 8 heteroatoms. The number of nitrogens with zero attached hydrogens (tertiary/aromatic N) is 3. The summed E-state index contributed by atoms with van der Waals surface area (Å²) in [5.74, 6) is 1.20. The number of carbonyl (C=O) groups excluding carboxylic acids is 1. The molecule has 1 amide bonds. The second kappa shape index (κ2) is 8.56. The molecule has 1 aromatic carbocycles. The number of nitrogens with one attached hydrogen (secondary N) is 1. The van der Waals surface area contributed by atoms with Gasteiger partial charge in [-0.25, -0.2) is 12.7 Å². The van der Waals surface area contributed by atoms with Crippen LogP contribution in [0.2, 0.25) is 0 Å². The third-order valence-electron chi connectivity index (χ3n) is 7.30. The summed E-state index contributed by atoms with van der Waals surface area (Å²) < 4.78 is 27.7. The van der Waals surface area contributed by atoms with E-state index >= 15 is 0 Å². The van der Waals surface area contributed by atoms with E-state index in [1.165, 1.54) is 19.3 Å². The summed E-state index contributed by atoms with van der Waals surface area (Å²) >= 11 is 0. The lowest BCUT2D eigenvalue weighted by Gasteiger charge is -2.34. The number of carbonyl (C=O) groups is 1. The zero-order valence-corrected chi connectivity index (χ0v) is 19.1. The van der Waals surface area contributed by atoms with Crippen molar-refractivity contribution in [3.8, 4) is 0 Å². The minimum absolute atomic E-state index is 0.0432. The maximum atomic E-state index is 13.1. The topological polar surface area (TPSA) is 91.7 Å². The van der Waals surface area contributed by atoms with Crippen molar-refractivity contribution in [2.45, 2.75) is 56.9 Å². The fraction of sp³-hybridized carbons (Fsp3) is 0.542. The van der Waals surface area contributed by atoms with Gasteiger partial charge < -0.3 is 5.32 Å². The molecule has 2 fully saturated rings. The number of fused-ring (bicyclic) bond motifs is 1. The number of piperidine rings is 1. The molecule has 0 unspecified atom stereocenters. The number of rotatable bonds is 5. The van der Waals surface area contributed by atoms with E-state index < -0.39 is 15.6 Å². The van der Waals surface area contributed by atoms with Gasteiger partial charge in [0.05, 0.1) is 11.3 Å². The molecule has 0 radical (unpaired) electrons. The minimum atomic E-state index is -3.42. The Morgan fingerprint density at radius 2 is 1.84 bits per heavy atom. The minimum Gasteiger partial charge on any atom is -0.312 e. The Morgan fingerprint density at radius 1 is 1.06 bits per heavy atom. The van der Waals surface area contributed by atoms with Crippen molar-refractivity contribution in [3.05, 3.63) is 42.1 Å². The molecule has 1 saturated carbocycles. The summed E-state index contributed by atoms with van der Waals surface area (Å²) in [4.78, 5) is 22.0. The number of amides is 1. The summed E-state index contributed by atoms with van der Waals surface area (Å²) in [5, 5.41) is 4.03. The van der Waals surface area contributed by atoms with Crippen molar-refractivity contribution in [3.63, 3.8) is 0 Å². The first-order chi connectivity index (χ1) is 15.5. The number of pyridine rings is 1. The second-order valence-electron chi connectivity index (χ2n) is 9.27. The molecule has 1 aromatic heterocycles. The maximum Gasteiger partial charge on any atom is 0.253 e. The number of amidine groups is 1. The second-order valence-corrected chi connectivity index (χ2v) is 11.4. The highest BCUT2D eigenvalue weighted by Gasteiger charge is 2.48. The van der Waals surface area contributed by atoms with Crippen LogP contribution in [0.5, 0.6) is 0 Å². The molecule has 2 aromatic rings. The molecule has 7 nitrogen and oxygen atoms in total. The highest BCUT2D eigenvalue weighted by molar-refractivity contribution is 7.89. The Morgan fingerprint density at radius 3 is 2.62 bits per heavy atom. The summed E-state index contributed by atoms with van der Waals surface area (Å²) in [6.07, 6.45) is 8.88. The predicted octanol–water partition coefficient (Wildman–Crippen LogP) is 3.05. The van der Waals surface area contributed by atoms with Gasteiger partial charge in [-0.1, -0.05) is 37.5 Å². The summed E-state index contributed by atoms with van der Waals surface area (Å²) in [6.45, 7) is 0.683. The fourth-order valence-corrected chi connectivity index (χ4v) is 6.81. The normalized spacial score (nSPS) is 22.2. The van der Waals surface area contributed by atoms with E-state index in [2.05, 4.69) is 10.3 Å². The first-order valence-electron chi connectivity index (χ1n) is 11.7. The van der Waals surface area contributed by atoms with Crippen LogP contribution in [0.3, 0.4) is 0 Å². The summed E-state index contributed by atoms with van der Waals surface area (Å²) in [6, 6.07) is 9.68. The number of sulfonamides is 1. The van der Waals surface area contributed by atoms with Crippen LogP contribution in [0, 0.1) is 5.92 Å². The highest BCUT2D eigenvalue weighted by Crippen LogP contribution is 2.35. The van der Waals surface area contributed by atoms with Crippen LogP contribution in [-0.2, 0) is 21.2 Å². The third kappa shape index (κ3) is 4.06. The van der Waals surface area contributed by atoms with Crippen LogP contribution in [0.25, 0.3) is 10.9 Å². The Bertz CT molecular complexity index is 1140. The molecule has 2 aliphatic heterocycles.